The Balaban J connectivity index is 0.00000445. The van der Waals surface area contributed by atoms with Crippen molar-refractivity contribution in [3.63, 3.8) is 0 Å². The third kappa shape index (κ3) is 5.87. The van der Waals surface area contributed by atoms with E-state index in [0.717, 1.165) is 45.7 Å². The van der Waals surface area contributed by atoms with Gasteiger partial charge in [-0.05, 0) is 92.1 Å². The average Bonchev–Trinajstić information content (AvgIpc) is 3.91. The molecule has 2 aliphatic rings. The van der Waals surface area contributed by atoms with Crippen LogP contribution in [0.5, 0.6) is 0 Å². The van der Waals surface area contributed by atoms with Crippen LogP contribution in [0.1, 0.15) is 72.9 Å². The first kappa shape index (κ1) is 38.9. The molecule has 0 unspecified atom stereocenters. The molecule has 7 aromatic carbocycles. The molecule has 0 saturated carbocycles. The maximum Gasteiger partial charge on any atom is 2.00 e. The first-order valence-corrected chi connectivity index (χ1v) is 21.2. The van der Waals surface area contributed by atoms with E-state index in [-0.39, 0.29) is 21.1 Å². The number of para-hydroxylation sites is 3. The predicted octanol–water partition coefficient (Wildman–Crippen LogP) is 13.6. The molecule has 1 aliphatic heterocycles. The molecule has 0 amide bonds. The summed E-state index contributed by atoms with van der Waals surface area (Å²) in [5.41, 5.74) is 17.2. The predicted molar refractivity (Wildman–Crippen MR) is 249 cm³/mol. The Morgan fingerprint density at radius 3 is 1.93 bits per heavy atom. The van der Waals surface area contributed by atoms with Gasteiger partial charge >= 0.3 is 21.1 Å². The fourth-order valence-electron chi connectivity index (χ4n) is 10.3. The molecule has 0 atom stereocenters. The van der Waals surface area contributed by atoms with Crippen molar-refractivity contribution < 1.29 is 21.1 Å². The van der Waals surface area contributed by atoms with E-state index in [1.54, 1.807) is 0 Å². The van der Waals surface area contributed by atoms with Crippen molar-refractivity contribution in [2.45, 2.75) is 44.9 Å². The number of nitrogens with zero attached hydrogens (tertiary/aromatic N) is 4. The third-order valence-electron chi connectivity index (χ3n) is 13.0. The van der Waals surface area contributed by atoms with Crippen molar-refractivity contribution in [2.75, 3.05) is 23.5 Å². The summed E-state index contributed by atoms with van der Waals surface area (Å²) >= 11 is 0. The van der Waals surface area contributed by atoms with Crippen molar-refractivity contribution in [2.24, 2.45) is 0 Å². The van der Waals surface area contributed by atoms with Crippen LogP contribution < -0.4 is 9.80 Å². The monoisotopic (exact) mass is 969 g/mol. The number of hydrogen-bond acceptors (Lipinski definition) is 3. The first-order valence-electron chi connectivity index (χ1n) is 21.2. The van der Waals surface area contributed by atoms with Crippen LogP contribution in [-0.2, 0) is 26.5 Å². The molecule has 4 nitrogen and oxygen atoms in total. The number of aromatic nitrogens is 2. The smallest absolute Gasteiger partial charge is 0.355 e. The SMILES string of the molecule is CC(C)c1cccc(C(C)C)c1-c1ccnc(-n2c3[c-]c(C4(c5[c-]c(N6CN(C)c7ccccc76)ccc5)c5ccccc5-c5ccccc54)ccc3c3ccccc32)c1.[Pt+2]. The number of fused-ring (bicyclic) bond motifs is 7. The Hall–Kier alpha value is -6.22. The molecule has 11 rings (SSSR count). The molecule has 9 aromatic rings. The average molecular weight is 970 g/mol. The maximum absolute atomic E-state index is 5.14. The van der Waals surface area contributed by atoms with Crippen molar-refractivity contribution in [3.8, 4) is 28.1 Å². The second kappa shape index (κ2) is 15.0. The van der Waals surface area contributed by atoms with E-state index < -0.39 is 5.41 Å². The van der Waals surface area contributed by atoms with Crippen molar-refractivity contribution in [1.82, 2.24) is 9.55 Å². The van der Waals surface area contributed by atoms with Crippen LogP contribution in [0, 0.1) is 12.1 Å². The molecule has 0 spiro atoms. The molecule has 300 valence electrons. The summed E-state index contributed by atoms with van der Waals surface area (Å²) in [6, 6.07) is 66.0. The van der Waals surface area contributed by atoms with Crippen molar-refractivity contribution in [1.29, 1.82) is 0 Å². The van der Waals surface area contributed by atoms with Crippen LogP contribution in [0.2, 0.25) is 0 Å². The topological polar surface area (TPSA) is 24.3 Å². The standard InChI is InChI=1S/C56H46N4.Pt/c1-36(2)42-21-15-22-43(37(3)4)55(42)38-30-31-57-54(32-38)60-50-25-11-8-20-46(50)47-29-28-40(34-53(47)60)56(48-23-9-6-18-44(48)45-19-7-10-24-49(45)56)39-16-14-17-41(33-39)59-35-58(5)51-26-12-13-27-52(51)59;/h6-32,36-37H,35H2,1-5H3;/q-2;+2. The maximum atomic E-state index is 5.14. The van der Waals surface area contributed by atoms with E-state index >= 15 is 0 Å². The third-order valence-corrected chi connectivity index (χ3v) is 13.0. The molecule has 1 aliphatic carbocycles. The van der Waals surface area contributed by atoms with E-state index in [9.17, 15) is 0 Å². The summed E-state index contributed by atoms with van der Waals surface area (Å²) in [6.45, 7) is 9.92. The van der Waals surface area contributed by atoms with E-state index in [1.165, 1.54) is 61.3 Å². The minimum atomic E-state index is -0.693. The fourth-order valence-corrected chi connectivity index (χ4v) is 10.3. The Bertz CT molecular complexity index is 3070. The van der Waals surface area contributed by atoms with E-state index in [1.807, 2.05) is 6.20 Å². The number of benzene rings is 7. The van der Waals surface area contributed by atoms with Crippen LogP contribution >= 0.6 is 0 Å². The van der Waals surface area contributed by atoms with Crippen LogP contribution in [0.4, 0.5) is 17.1 Å². The molecule has 5 heteroatoms. The summed E-state index contributed by atoms with van der Waals surface area (Å²) in [4.78, 5) is 9.82. The zero-order valence-corrected chi connectivity index (χ0v) is 37.3. The quantitative estimate of drug-likeness (QED) is 0.149. The molecular formula is C56H46N4Pt. The van der Waals surface area contributed by atoms with Crippen LogP contribution in [0.15, 0.2) is 164 Å². The van der Waals surface area contributed by atoms with Gasteiger partial charge in [-0.1, -0.05) is 136 Å². The number of anilines is 3. The minimum absolute atomic E-state index is 0. The zero-order valence-electron chi connectivity index (χ0n) is 35.1. The van der Waals surface area contributed by atoms with Gasteiger partial charge in [0.05, 0.1) is 18.0 Å². The summed E-state index contributed by atoms with van der Waals surface area (Å²) < 4.78 is 2.34. The molecular weight excluding hydrogens is 924 g/mol. The number of rotatable bonds is 7. The first-order chi connectivity index (χ1) is 29.3. The Kier molecular flexibility index (Phi) is 9.61. The van der Waals surface area contributed by atoms with E-state index in [2.05, 4.69) is 219 Å². The molecule has 0 radical (unpaired) electrons. The van der Waals surface area contributed by atoms with Gasteiger partial charge in [-0.25, -0.2) is 4.98 Å². The minimum Gasteiger partial charge on any atom is -0.355 e. The second-order valence-electron chi connectivity index (χ2n) is 17.1. The van der Waals surface area contributed by atoms with Gasteiger partial charge in [0, 0.05) is 24.2 Å². The van der Waals surface area contributed by atoms with Crippen LogP contribution in [0.3, 0.4) is 0 Å². The Labute approximate surface area is 373 Å². The summed E-state index contributed by atoms with van der Waals surface area (Å²) in [6.07, 6.45) is 1.98. The van der Waals surface area contributed by atoms with Gasteiger partial charge in [0.25, 0.3) is 0 Å². The van der Waals surface area contributed by atoms with Gasteiger partial charge in [-0.2, -0.15) is 36.4 Å². The molecule has 0 bridgehead atoms. The number of hydrogen-bond donors (Lipinski definition) is 0. The largest absolute Gasteiger partial charge is 2.00 e. The van der Waals surface area contributed by atoms with Crippen LogP contribution in [0.25, 0.3) is 49.9 Å². The second-order valence-corrected chi connectivity index (χ2v) is 17.1. The molecule has 0 saturated heterocycles. The molecule has 0 fully saturated rings. The van der Waals surface area contributed by atoms with Crippen molar-refractivity contribution in [3.05, 3.63) is 209 Å². The van der Waals surface area contributed by atoms with Gasteiger partial charge in [0.15, 0.2) is 0 Å². The molecule has 2 aromatic heterocycles. The fraction of sp³-hybridized carbons (Fsp3) is 0.161. The van der Waals surface area contributed by atoms with E-state index in [0.29, 0.717) is 11.8 Å². The number of pyridine rings is 1. The molecule has 3 heterocycles. The molecule has 61 heavy (non-hydrogen) atoms. The van der Waals surface area contributed by atoms with Gasteiger partial charge in [0.1, 0.15) is 5.82 Å². The molecule has 0 N–H and O–H groups in total. The van der Waals surface area contributed by atoms with Gasteiger partial charge in [-0.15, -0.1) is 22.6 Å². The van der Waals surface area contributed by atoms with Crippen molar-refractivity contribution >= 4 is 38.9 Å². The summed E-state index contributed by atoms with van der Waals surface area (Å²) in [5, 5.41) is 2.33. The Morgan fingerprint density at radius 1 is 0.590 bits per heavy atom. The summed E-state index contributed by atoms with van der Waals surface area (Å²) in [5.74, 6) is 1.64. The van der Waals surface area contributed by atoms with Gasteiger partial charge in [0.2, 0.25) is 0 Å². The zero-order chi connectivity index (χ0) is 40.7. The van der Waals surface area contributed by atoms with Gasteiger partial charge in [-0.3, -0.25) is 0 Å². The van der Waals surface area contributed by atoms with Crippen LogP contribution in [-0.4, -0.2) is 23.3 Å². The summed E-state index contributed by atoms with van der Waals surface area (Å²) in [7, 11) is 2.16. The Morgan fingerprint density at radius 2 is 1.21 bits per heavy atom. The van der Waals surface area contributed by atoms with E-state index in [4.69, 9.17) is 4.98 Å². The normalized spacial score (nSPS) is 13.8. The van der Waals surface area contributed by atoms with Gasteiger partial charge < -0.3 is 14.4 Å².